The van der Waals surface area contributed by atoms with Crippen LogP contribution >= 0.6 is 0 Å². The maximum absolute atomic E-state index is 10.2. The van der Waals surface area contributed by atoms with Crippen molar-refractivity contribution in [3.8, 4) is 0 Å². The summed E-state index contributed by atoms with van der Waals surface area (Å²) in [5, 5.41) is 69.9. The summed E-state index contributed by atoms with van der Waals surface area (Å²) in [4.78, 5) is 24.1. The molecule has 27 heavy (non-hydrogen) atoms. The molecular weight excluding hydrogens is 372 g/mol. The number of carboxylic acids is 2. The summed E-state index contributed by atoms with van der Waals surface area (Å²) in [7, 11) is 0. The molecule has 0 aliphatic carbocycles. The highest BCUT2D eigenvalue weighted by atomic mass is 16.4. The van der Waals surface area contributed by atoms with Gasteiger partial charge in [-0.1, -0.05) is 0 Å². The van der Waals surface area contributed by atoms with Crippen molar-refractivity contribution in [1.82, 2.24) is 0 Å². The van der Waals surface area contributed by atoms with E-state index in [4.69, 9.17) is 58.1 Å². The van der Waals surface area contributed by atoms with E-state index < -0.39 is 55.1 Å². The van der Waals surface area contributed by atoms with E-state index in [1.54, 1.807) is 0 Å². The van der Waals surface area contributed by atoms with E-state index in [0.717, 1.165) is 0 Å². The highest BCUT2D eigenvalue weighted by Crippen LogP contribution is 2.08. The van der Waals surface area contributed by atoms with Crippen molar-refractivity contribution in [2.24, 2.45) is 22.2 Å². The summed E-state index contributed by atoms with van der Waals surface area (Å²) in [6.45, 7) is -0.461. The Hall–Kier alpha value is -2.07. The van der Waals surface area contributed by atoms with E-state index in [9.17, 15) is 9.59 Å². The maximum Gasteiger partial charge on any atom is 0.335 e. The minimum absolute atomic E-state index is 0.0129. The van der Waals surface area contributed by atoms with Gasteiger partial charge in [-0.3, -0.25) is 9.79 Å². The van der Waals surface area contributed by atoms with Gasteiger partial charge in [0.25, 0.3) is 0 Å². The van der Waals surface area contributed by atoms with Gasteiger partial charge in [0.2, 0.25) is 0 Å². The first-order valence-electron chi connectivity index (χ1n) is 7.64. The van der Waals surface area contributed by atoms with Crippen LogP contribution in [0.3, 0.4) is 0 Å². The van der Waals surface area contributed by atoms with Gasteiger partial charge < -0.3 is 58.1 Å². The molecule has 160 valence electrons. The molecule has 14 N–H and O–H groups in total. The predicted molar refractivity (Wildman–Crippen MR) is 90.3 cm³/mol. The lowest BCUT2D eigenvalue weighted by atomic mass is 9.99. The largest absolute Gasteiger partial charge is 0.480 e. The first-order valence-corrected chi connectivity index (χ1v) is 7.64. The molecule has 0 heterocycles. The number of aliphatic imine (C=N–C) groups is 1. The van der Waals surface area contributed by atoms with Gasteiger partial charge in [0.15, 0.2) is 12.1 Å². The molecule has 0 amide bonds. The quantitative estimate of drug-likeness (QED) is 0.0876. The molecule has 14 heteroatoms. The Labute approximate surface area is 154 Å². The molecule has 0 bridgehead atoms. The molecule has 14 nitrogen and oxygen atoms in total. The van der Waals surface area contributed by atoms with Crippen LogP contribution < -0.4 is 17.2 Å². The van der Waals surface area contributed by atoms with Crippen molar-refractivity contribution in [3.05, 3.63) is 0 Å². The van der Waals surface area contributed by atoms with Crippen LogP contribution in [0, 0.1) is 0 Å². The monoisotopic (exact) mass is 400 g/mol. The number of carboxylic acid groups (broad SMARTS) is 2. The Kier molecular flexibility index (Phi) is 14.1. The Balaban J connectivity index is 0. The number of hydrogen-bond acceptors (Lipinski definition) is 10. The lowest BCUT2D eigenvalue weighted by Gasteiger charge is -2.26. The van der Waals surface area contributed by atoms with Gasteiger partial charge in [-0.2, -0.15) is 0 Å². The number of nitrogens with zero attached hydrogens (tertiary/aromatic N) is 1. The first-order chi connectivity index (χ1) is 12.4. The summed E-state index contributed by atoms with van der Waals surface area (Å²) in [6, 6.07) is -0.820. The molecule has 0 saturated heterocycles. The van der Waals surface area contributed by atoms with Crippen molar-refractivity contribution in [1.29, 1.82) is 0 Å². The third-order valence-corrected chi connectivity index (χ3v) is 3.14. The standard InChI is InChI=1S/C7H14O8.C6H14N4O2/c8-1-2(9)3(10)4(11)5(12)6(13)7(14)15;7-4(5(11)12)2-1-3-10-6(8)9/h2-6,8-13H,1H2,(H,14,15);4H,1-3,7H2,(H,11,12)(H4,8,9,10)/t2-,3-,4+,5-,6-;4-/m10/s1. The molecular formula is C13H28N4O10. The summed E-state index contributed by atoms with van der Waals surface area (Å²) < 4.78 is 0. The normalized spacial score (nSPS) is 17.3. The van der Waals surface area contributed by atoms with Crippen LogP contribution in [-0.4, -0.2) is 108 Å². The van der Waals surface area contributed by atoms with Crippen molar-refractivity contribution < 1.29 is 50.4 Å². The predicted octanol–water partition coefficient (Wildman–Crippen LogP) is -5.68. The van der Waals surface area contributed by atoms with Gasteiger partial charge in [0.05, 0.1) is 6.61 Å². The van der Waals surface area contributed by atoms with E-state index in [-0.39, 0.29) is 5.96 Å². The SMILES string of the molecule is NC(N)=NCCC[C@H](N)C(=O)O.O=C(O)[C@H](O)[C@H](O)[C@@H](O)[C@H](O)[C@H](O)CO. The third-order valence-electron chi connectivity index (χ3n) is 3.14. The van der Waals surface area contributed by atoms with Crippen LogP contribution in [0.15, 0.2) is 4.99 Å². The average molecular weight is 400 g/mol. The number of aliphatic hydroxyl groups excluding tert-OH is 6. The van der Waals surface area contributed by atoms with Crippen LogP contribution in [-0.2, 0) is 9.59 Å². The van der Waals surface area contributed by atoms with Crippen LogP contribution in [0.5, 0.6) is 0 Å². The number of guanidine groups is 1. The minimum Gasteiger partial charge on any atom is -0.480 e. The van der Waals surface area contributed by atoms with E-state index in [2.05, 4.69) is 4.99 Å². The van der Waals surface area contributed by atoms with Crippen molar-refractivity contribution in [2.75, 3.05) is 13.2 Å². The Morgan fingerprint density at radius 1 is 0.889 bits per heavy atom. The molecule has 0 aliphatic heterocycles. The number of aliphatic carboxylic acids is 2. The second-order valence-electron chi connectivity index (χ2n) is 5.40. The molecule has 0 radical (unpaired) electrons. The highest BCUT2D eigenvalue weighted by Gasteiger charge is 2.36. The van der Waals surface area contributed by atoms with E-state index >= 15 is 0 Å². The number of hydrogen-bond donors (Lipinski definition) is 11. The van der Waals surface area contributed by atoms with Crippen molar-refractivity contribution in [2.45, 2.75) is 49.4 Å². The fraction of sp³-hybridized carbons (Fsp3) is 0.769. The smallest absolute Gasteiger partial charge is 0.335 e. The molecule has 0 aliphatic rings. The van der Waals surface area contributed by atoms with E-state index in [1.807, 2.05) is 0 Å². The summed E-state index contributed by atoms with van der Waals surface area (Å²) >= 11 is 0. The molecule has 0 rings (SSSR count). The fourth-order valence-electron chi connectivity index (χ4n) is 1.51. The van der Waals surface area contributed by atoms with Crippen LogP contribution in [0.2, 0.25) is 0 Å². The topological polar surface area (TPSA) is 286 Å². The van der Waals surface area contributed by atoms with E-state index in [1.165, 1.54) is 0 Å². The average Bonchev–Trinajstić information content (AvgIpc) is 2.61. The minimum atomic E-state index is -2.29. The van der Waals surface area contributed by atoms with Gasteiger partial charge in [-0.15, -0.1) is 0 Å². The van der Waals surface area contributed by atoms with E-state index in [0.29, 0.717) is 19.4 Å². The number of aliphatic hydroxyl groups is 6. The molecule has 0 unspecified atom stereocenters. The summed E-state index contributed by atoms with van der Waals surface area (Å²) in [6.07, 6.45) is -9.29. The van der Waals surface area contributed by atoms with Gasteiger partial charge in [0, 0.05) is 6.54 Å². The zero-order valence-corrected chi connectivity index (χ0v) is 14.4. The third kappa shape index (κ3) is 12.0. The Morgan fingerprint density at radius 2 is 1.41 bits per heavy atom. The fourth-order valence-corrected chi connectivity index (χ4v) is 1.51. The summed E-state index contributed by atoms with van der Waals surface area (Å²) in [5.41, 5.74) is 15.3. The van der Waals surface area contributed by atoms with Crippen LogP contribution in [0.4, 0.5) is 0 Å². The molecule has 0 aromatic carbocycles. The lowest BCUT2D eigenvalue weighted by Crippen LogP contribution is -2.51. The van der Waals surface area contributed by atoms with Gasteiger partial charge in [0.1, 0.15) is 30.5 Å². The van der Waals surface area contributed by atoms with Gasteiger partial charge >= 0.3 is 11.9 Å². The maximum atomic E-state index is 10.2. The Morgan fingerprint density at radius 3 is 1.78 bits per heavy atom. The zero-order valence-electron chi connectivity index (χ0n) is 14.4. The van der Waals surface area contributed by atoms with Gasteiger partial charge in [-0.05, 0) is 12.8 Å². The number of carbonyl (C=O) groups is 2. The van der Waals surface area contributed by atoms with Crippen molar-refractivity contribution >= 4 is 17.9 Å². The zero-order chi connectivity index (χ0) is 21.7. The first kappa shape index (κ1) is 27.2. The number of nitrogens with two attached hydrogens (primary N) is 3. The molecule has 0 spiro atoms. The van der Waals surface area contributed by atoms with Crippen LogP contribution in [0.25, 0.3) is 0 Å². The Bertz CT molecular complexity index is 474. The highest BCUT2D eigenvalue weighted by molar-refractivity contribution is 5.75. The second kappa shape index (κ2) is 14.0. The van der Waals surface area contributed by atoms with Crippen molar-refractivity contribution in [3.63, 3.8) is 0 Å². The molecule has 6 atom stereocenters. The summed E-state index contributed by atoms with van der Waals surface area (Å²) in [5.74, 6) is -2.77. The molecule has 0 aromatic heterocycles. The molecule has 0 fully saturated rings. The second-order valence-corrected chi connectivity index (χ2v) is 5.40. The lowest BCUT2D eigenvalue weighted by molar-refractivity contribution is -0.169. The van der Waals surface area contributed by atoms with Crippen LogP contribution in [0.1, 0.15) is 12.8 Å². The molecule has 0 aromatic rings. The van der Waals surface area contributed by atoms with Gasteiger partial charge in [-0.25, -0.2) is 4.79 Å². The number of rotatable bonds is 11. The molecule has 0 saturated carbocycles.